The van der Waals surface area contributed by atoms with Crippen LogP contribution in [0.5, 0.6) is 11.8 Å². The number of rotatable bonds is 4. The summed E-state index contributed by atoms with van der Waals surface area (Å²) in [5.41, 5.74) is 8.29. The minimum absolute atomic E-state index is 0.227. The number of hydrogen-bond acceptors (Lipinski definition) is 4. The van der Waals surface area contributed by atoms with Crippen LogP contribution in [-0.4, -0.2) is 15.0 Å². The van der Waals surface area contributed by atoms with E-state index in [-0.39, 0.29) is 11.0 Å². The molecule has 0 bridgehead atoms. The molecule has 5 heteroatoms. The van der Waals surface area contributed by atoms with Crippen molar-refractivity contribution in [3.05, 3.63) is 47.3 Å². The van der Waals surface area contributed by atoms with Gasteiger partial charge in [0.2, 0.25) is 0 Å². The second kappa shape index (κ2) is 5.96. The molecule has 0 aliphatic carbocycles. The Bertz CT molecular complexity index is 641. The summed E-state index contributed by atoms with van der Waals surface area (Å²) in [5.74, 6) is 1.18. The molecule has 1 aromatic heterocycles. The highest BCUT2D eigenvalue weighted by Crippen LogP contribution is 2.27. The van der Waals surface area contributed by atoms with E-state index >= 15 is 0 Å². The maximum Gasteiger partial charge on any atom is 0.322 e. The first-order valence-electron chi connectivity index (χ1n) is 6.38. The van der Waals surface area contributed by atoms with Gasteiger partial charge in [0.05, 0.1) is 0 Å². The van der Waals surface area contributed by atoms with Crippen LogP contribution in [0.1, 0.15) is 36.6 Å². The predicted molar refractivity (Wildman–Crippen MR) is 83.3 cm³/mol. The van der Waals surface area contributed by atoms with E-state index in [1.54, 1.807) is 12.3 Å². The molecule has 1 heterocycles. The Labute approximate surface area is 124 Å². The lowest BCUT2D eigenvalue weighted by Gasteiger charge is -2.11. The van der Waals surface area contributed by atoms with Crippen molar-refractivity contribution in [1.82, 2.24) is 9.97 Å². The van der Waals surface area contributed by atoms with Crippen LogP contribution in [0.2, 0.25) is 0 Å². The van der Waals surface area contributed by atoms with Gasteiger partial charge in [0.25, 0.3) is 0 Å². The standard InChI is InChI=1S/C15H17N3OS/c1-9(2)11-5-4-10(3)13(8-11)19-15-17-7-6-12(18-15)14(16)20/h4-9H,1-3H3,(H2,16,20). The molecular weight excluding hydrogens is 270 g/mol. The number of hydrogen-bond donors (Lipinski definition) is 1. The number of ether oxygens (including phenoxy) is 1. The quantitative estimate of drug-likeness (QED) is 0.874. The van der Waals surface area contributed by atoms with Gasteiger partial charge >= 0.3 is 6.01 Å². The number of aromatic nitrogens is 2. The van der Waals surface area contributed by atoms with Crippen molar-refractivity contribution in [3.63, 3.8) is 0 Å². The third-order valence-electron chi connectivity index (χ3n) is 2.97. The maximum absolute atomic E-state index is 5.75. The van der Waals surface area contributed by atoms with E-state index < -0.39 is 0 Å². The number of thiocarbonyl (C=S) groups is 1. The number of nitrogens with zero attached hydrogens (tertiary/aromatic N) is 2. The third-order valence-corrected chi connectivity index (χ3v) is 3.18. The van der Waals surface area contributed by atoms with Crippen LogP contribution in [0, 0.1) is 6.92 Å². The number of aryl methyl sites for hydroxylation is 1. The van der Waals surface area contributed by atoms with Gasteiger partial charge in [-0.2, -0.15) is 4.98 Å². The van der Waals surface area contributed by atoms with E-state index in [9.17, 15) is 0 Å². The van der Waals surface area contributed by atoms with Gasteiger partial charge in [0, 0.05) is 6.20 Å². The first-order valence-corrected chi connectivity index (χ1v) is 6.79. The molecule has 2 aromatic rings. The maximum atomic E-state index is 5.75. The minimum Gasteiger partial charge on any atom is -0.424 e. The van der Waals surface area contributed by atoms with Crippen LogP contribution in [0.15, 0.2) is 30.5 Å². The Balaban J connectivity index is 2.32. The van der Waals surface area contributed by atoms with Crippen LogP contribution in [0.4, 0.5) is 0 Å². The molecule has 2 rings (SSSR count). The van der Waals surface area contributed by atoms with Crippen molar-refractivity contribution >= 4 is 17.2 Å². The fourth-order valence-corrected chi connectivity index (χ4v) is 1.82. The van der Waals surface area contributed by atoms with E-state index in [0.29, 0.717) is 11.6 Å². The molecule has 4 nitrogen and oxygen atoms in total. The molecule has 0 amide bonds. The highest BCUT2D eigenvalue weighted by atomic mass is 32.1. The zero-order valence-corrected chi connectivity index (χ0v) is 12.6. The van der Waals surface area contributed by atoms with Gasteiger partial charge in [-0.15, -0.1) is 0 Å². The SMILES string of the molecule is Cc1ccc(C(C)C)cc1Oc1nccc(C(N)=S)n1. The predicted octanol–water partition coefficient (Wildman–Crippen LogP) is 3.33. The van der Waals surface area contributed by atoms with Crippen LogP contribution in [0.3, 0.4) is 0 Å². The summed E-state index contributed by atoms with van der Waals surface area (Å²) >= 11 is 4.90. The summed E-state index contributed by atoms with van der Waals surface area (Å²) in [6.45, 7) is 6.26. The van der Waals surface area contributed by atoms with Crippen molar-refractivity contribution in [1.29, 1.82) is 0 Å². The molecule has 0 saturated heterocycles. The van der Waals surface area contributed by atoms with Crippen molar-refractivity contribution in [2.45, 2.75) is 26.7 Å². The van der Waals surface area contributed by atoms with E-state index in [4.69, 9.17) is 22.7 Å². The van der Waals surface area contributed by atoms with E-state index in [1.165, 1.54) is 5.56 Å². The van der Waals surface area contributed by atoms with E-state index in [1.807, 2.05) is 19.1 Å². The fraction of sp³-hybridized carbons (Fsp3) is 0.267. The summed E-state index contributed by atoms with van der Waals surface area (Å²) in [7, 11) is 0. The zero-order chi connectivity index (χ0) is 14.7. The summed E-state index contributed by atoms with van der Waals surface area (Å²) in [6, 6.07) is 8.05. The van der Waals surface area contributed by atoms with Crippen LogP contribution < -0.4 is 10.5 Å². The Kier molecular flexibility index (Phi) is 4.29. The van der Waals surface area contributed by atoms with Gasteiger partial charge in [-0.3, -0.25) is 0 Å². The fourth-order valence-electron chi connectivity index (χ4n) is 1.71. The second-order valence-electron chi connectivity index (χ2n) is 4.87. The molecule has 0 aliphatic rings. The van der Waals surface area contributed by atoms with Gasteiger partial charge in [-0.25, -0.2) is 4.98 Å². The normalized spacial score (nSPS) is 10.6. The summed E-state index contributed by atoms with van der Waals surface area (Å²) in [4.78, 5) is 8.49. The molecule has 0 saturated carbocycles. The molecule has 20 heavy (non-hydrogen) atoms. The van der Waals surface area contributed by atoms with Crippen LogP contribution in [-0.2, 0) is 0 Å². The largest absolute Gasteiger partial charge is 0.424 e. The van der Waals surface area contributed by atoms with Gasteiger partial charge in [0.1, 0.15) is 16.4 Å². The van der Waals surface area contributed by atoms with Crippen molar-refractivity contribution in [2.24, 2.45) is 5.73 Å². The number of nitrogens with two attached hydrogens (primary N) is 1. The van der Waals surface area contributed by atoms with E-state index in [2.05, 4.69) is 29.9 Å². The number of benzene rings is 1. The molecule has 1 aromatic carbocycles. The Morgan fingerprint density at radius 2 is 2.05 bits per heavy atom. The molecule has 0 aliphatic heterocycles. The highest BCUT2D eigenvalue weighted by molar-refractivity contribution is 7.80. The summed E-state index contributed by atoms with van der Waals surface area (Å²) in [5, 5.41) is 0. The van der Waals surface area contributed by atoms with Gasteiger partial charge in [-0.1, -0.05) is 38.2 Å². The topological polar surface area (TPSA) is 61.0 Å². The Morgan fingerprint density at radius 1 is 1.30 bits per heavy atom. The first kappa shape index (κ1) is 14.4. The summed E-state index contributed by atoms with van der Waals surface area (Å²) in [6.07, 6.45) is 1.58. The molecule has 0 radical (unpaired) electrons. The molecule has 0 unspecified atom stereocenters. The van der Waals surface area contributed by atoms with E-state index in [0.717, 1.165) is 11.3 Å². The van der Waals surface area contributed by atoms with Gasteiger partial charge in [0.15, 0.2) is 0 Å². The lowest BCUT2D eigenvalue weighted by molar-refractivity contribution is 0.437. The Hall–Kier alpha value is -2.01. The molecule has 104 valence electrons. The van der Waals surface area contributed by atoms with Crippen molar-refractivity contribution in [2.75, 3.05) is 0 Å². The first-order chi connectivity index (χ1) is 9.47. The smallest absolute Gasteiger partial charge is 0.322 e. The summed E-state index contributed by atoms with van der Waals surface area (Å²) < 4.78 is 5.75. The monoisotopic (exact) mass is 287 g/mol. The molecule has 2 N–H and O–H groups in total. The van der Waals surface area contributed by atoms with Crippen LogP contribution >= 0.6 is 12.2 Å². The average molecular weight is 287 g/mol. The second-order valence-corrected chi connectivity index (χ2v) is 5.31. The lowest BCUT2D eigenvalue weighted by Crippen LogP contribution is -2.12. The molecule has 0 spiro atoms. The highest BCUT2D eigenvalue weighted by Gasteiger charge is 2.08. The van der Waals surface area contributed by atoms with Crippen molar-refractivity contribution in [3.8, 4) is 11.8 Å². The Morgan fingerprint density at radius 3 is 2.70 bits per heavy atom. The van der Waals surface area contributed by atoms with Gasteiger partial charge in [-0.05, 0) is 36.1 Å². The van der Waals surface area contributed by atoms with Crippen molar-refractivity contribution < 1.29 is 4.74 Å². The van der Waals surface area contributed by atoms with Crippen LogP contribution in [0.25, 0.3) is 0 Å². The average Bonchev–Trinajstić information content (AvgIpc) is 2.41. The lowest BCUT2D eigenvalue weighted by atomic mass is 10.0. The molecule has 0 fully saturated rings. The molecule has 0 atom stereocenters. The zero-order valence-electron chi connectivity index (χ0n) is 11.8. The minimum atomic E-state index is 0.227. The van der Waals surface area contributed by atoms with Gasteiger partial charge < -0.3 is 10.5 Å². The third kappa shape index (κ3) is 3.30. The molecular formula is C15H17N3OS.